The van der Waals surface area contributed by atoms with E-state index in [0.717, 1.165) is 16.7 Å². The second-order valence-corrected chi connectivity index (χ2v) is 9.09. The van der Waals surface area contributed by atoms with Gasteiger partial charge in [0.15, 0.2) is 5.13 Å². The number of nitrogens with zero attached hydrogens (tertiary/aromatic N) is 2. The molecule has 2 aromatic rings. The summed E-state index contributed by atoms with van der Waals surface area (Å²) in [5.74, 6) is -0.699. The molecule has 9 heteroatoms. The van der Waals surface area contributed by atoms with Gasteiger partial charge < -0.3 is 5.32 Å². The van der Waals surface area contributed by atoms with Gasteiger partial charge in [0.1, 0.15) is 11.9 Å². The summed E-state index contributed by atoms with van der Waals surface area (Å²) in [7, 11) is -3.42. The van der Waals surface area contributed by atoms with Crippen LogP contribution in [0.3, 0.4) is 0 Å². The standard InChI is InChI=1S/C16H18FN3O3S2/c1-10-14(11-5-7-12(17)8-6-11)18-16(24-10)19-15(21)13-4-3-9-20(13)25(2,22)23/h5-8,13H,3-4,9H2,1-2H3,(H,18,19,21). The van der Waals surface area contributed by atoms with E-state index in [1.165, 1.54) is 27.8 Å². The molecule has 1 aliphatic heterocycles. The summed E-state index contributed by atoms with van der Waals surface area (Å²) in [5.41, 5.74) is 1.43. The summed E-state index contributed by atoms with van der Waals surface area (Å²) in [4.78, 5) is 17.8. The van der Waals surface area contributed by atoms with Crippen molar-refractivity contribution >= 4 is 32.4 Å². The Morgan fingerprint density at radius 1 is 1.36 bits per heavy atom. The van der Waals surface area contributed by atoms with Crippen molar-refractivity contribution in [3.05, 3.63) is 35.0 Å². The molecule has 2 heterocycles. The highest BCUT2D eigenvalue weighted by atomic mass is 32.2. The van der Waals surface area contributed by atoms with Gasteiger partial charge in [-0.15, -0.1) is 11.3 Å². The molecule has 1 aromatic carbocycles. The fourth-order valence-corrected chi connectivity index (χ4v) is 4.88. The molecule has 0 radical (unpaired) electrons. The van der Waals surface area contributed by atoms with Crippen molar-refractivity contribution in [1.82, 2.24) is 9.29 Å². The first-order chi connectivity index (χ1) is 11.8. The van der Waals surface area contributed by atoms with Gasteiger partial charge in [-0.3, -0.25) is 4.79 Å². The first-order valence-electron chi connectivity index (χ1n) is 7.77. The lowest BCUT2D eigenvalue weighted by Crippen LogP contribution is -2.42. The largest absolute Gasteiger partial charge is 0.301 e. The van der Waals surface area contributed by atoms with Crippen molar-refractivity contribution in [2.45, 2.75) is 25.8 Å². The van der Waals surface area contributed by atoms with Crippen LogP contribution in [0.4, 0.5) is 9.52 Å². The van der Waals surface area contributed by atoms with E-state index in [2.05, 4.69) is 10.3 Å². The van der Waals surface area contributed by atoms with Crippen LogP contribution in [0, 0.1) is 12.7 Å². The van der Waals surface area contributed by atoms with E-state index in [-0.39, 0.29) is 11.7 Å². The number of rotatable bonds is 4. The summed E-state index contributed by atoms with van der Waals surface area (Å²) < 4.78 is 37.8. The van der Waals surface area contributed by atoms with Gasteiger partial charge in [0.2, 0.25) is 15.9 Å². The number of anilines is 1. The van der Waals surface area contributed by atoms with Crippen LogP contribution in [0.1, 0.15) is 17.7 Å². The molecule has 6 nitrogen and oxygen atoms in total. The predicted molar refractivity (Wildman–Crippen MR) is 95.4 cm³/mol. The summed E-state index contributed by atoms with van der Waals surface area (Å²) in [6, 6.07) is 5.27. The first kappa shape index (κ1) is 18.0. The smallest absolute Gasteiger partial charge is 0.244 e. The van der Waals surface area contributed by atoms with E-state index >= 15 is 0 Å². The zero-order valence-electron chi connectivity index (χ0n) is 13.8. The Hall–Kier alpha value is -1.84. The SMILES string of the molecule is Cc1sc(NC(=O)C2CCCN2S(C)(=O)=O)nc1-c1ccc(F)cc1. The maximum Gasteiger partial charge on any atom is 0.244 e. The molecule has 1 aromatic heterocycles. The third-order valence-electron chi connectivity index (χ3n) is 4.08. The molecule has 1 fully saturated rings. The van der Waals surface area contributed by atoms with E-state index in [4.69, 9.17) is 0 Å². The van der Waals surface area contributed by atoms with Crippen LogP contribution in [0.2, 0.25) is 0 Å². The van der Waals surface area contributed by atoms with Gasteiger partial charge in [-0.2, -0.15) is 4.31 Å². The van der Waals surface area contributed by atoms with Gasteiger partial charge >= 0.3 is 0 Å². The summed E-state index contributed by atoms with van der Waals surface area (Å²) in [6.07, 6.45) is 2.26. The quantitative estimate of drug-likeness (QED) is 0.880. The lowest BCUT2D eigenvalue weighted by Gasteiger charge is -2.20. The third kappa shape index (κ3) is 3.88. The maximum absolute atomic E-state index is 13.1. The Kier molecular flexibility index (Phi) is 4.90. The molecule has 134 valence electrons. The topological polar surface area (TPSA) is 79.4 Å². The zero-order chi connectivity index (χ0) is 18.2. The molecule has 3 rings (SSSR count). The predicted octanol–water partition coefficient (Wildman–Crippen LogP) is 2.62. The highest BCUT2D eigenvalue weighted by molar-refractivity contribution is 7.88. The molecule has 0 bridgehead atoms. The second-order valence-electron chi connectivity index (χ2n) is 5.95. The molecule has 0 aliphatic carbocycles. The monoisotopic (exact) mass is 383 g/mol. The van der Waals surface area contributed by atoms with Crippen LogP contribution in [0.25, 0.3) is 11.3 Å². The van der Waals surface area contributed by atoms with Crippen molar-refractivity contribution in [2.75, 3.05) is 18.1 Å². The summed E-state index contributed by atoms with van der Waals surface area (Å²) in [5, 5.41) is 3.12. The van der Waals surface area contributed by atoms with Crippen molar-refractivity contribution in [2.24, 2.45) is 0 Å². The average Bonchev–Trinajstić information content (AvgIpc) is 3.15. The minimum absolute atomic E-state index is 0.327. The van der Waals surface area contributed by atoms with Crippen LogP contribution in [0.5, 0.6) is 0 Å². The van der Waals surface area contributed by atoms with E-state index in [0.29, 0.717) is 30.2 Å². The number of halogens is 1. The molecule has 1 amide bonds. The Morgan fingerprint density at radius 3 is 2.68 bits per heavy atom. The zero-order valence-corrected chi connectivity index (χ0v) is 15.5. The highest BCUT2D eigenvalue weighted by Gasteiger charge is 2.36. The molecule has 1 unspecified atom stereocenters. The molecule has 1 saturated heterocycles. The van der Waals surface area contributed by atoms with Gasteiger partial charge in [-0.05, 0) is 44.0 Å². The molecule has 1 aliphatic rings. The molecular weight excluding hydrogens is 365 g/mol. The van der Waals surface area contributed by atoms with E-state index < -0.39 is 16.1 Å². The van der Waals surface area contributed by atoms with E-state index in [1.807, 2.05) is 6.92 Å². The Bertz CT molecular complexity index is 894. The number of sulfonamides is 1. The molecule has 1 atom stereocenters. The van der Waals surface area contributed by atoms with Crippen LogP contribution < -0.4 is 5.32 Å². The van der Waals surface area contributed by atoms with Crippen LogP contribution in [-0.4, -0.2) is 42.5 Å². The number of thiazole rings is 1. The maximum atomic E-state index is 13.1. The van der Waals surface area contributed by atoms with Gasteiger partial charge in [-0.25, -0.2) is 17.8 Å². The van der Waals surface area contributed by atoms with Crippen LogP contribution in [0.15, 0.2) is 24.3 Å². The van der Waals surface area contributed by atoms with Gasteiger partial charge in [0.05, 0.1) is 11.9 Å². The third-order valence-corrected chi connectivity index (χ3v) is 6.25. The first-order valence-corrected chi connectivity index (χ1v) is 10.4. The number of carbonyl (C=O) groups is 1. The number of aryl methyl sites for hydroxylation is 1. The van der Waals surface area contributed by atoms with Crippen molar-refractivity contribution in [1.29, 1.82) is 0 Å². The van der Waals surface area contributed by atoms with Gasteiger partial charge in [-0.1, -0.05) is 0 Å². The lowest BCUT2D eigenvalue weighted by molar-refractivity contribution is -0.119. The van der Waals surface area contributed by atoms with Crippen LogP contribution >= 0.6 is 11.3 Å². The Balaban J connectivity index is 1.79. The van der Waals surface area contributed by atoms with Gasteiger partial charge in [0, 0.05) is 17.0 Å². The average molecular weight is 383 g/mol. The summed E-state index contributed by atoms with van der Waals surface area (Å²) >= 11 is 1.30. The highest BCUT2D eigenvalue weighted by Crippen LogP contribution is 2.31. The normalized spacial score (nSPS) is 18.4. The van der Waals surface area contributed by atoms with E-state index in [9.17, 15) is 17.6 Å². The molecular formula is C16H18FN3O3S2. The number of aromatic nitrogens is 1. The number of hydrogen-bond donors (Lipinski definition) is 1. The number of benzene rings is 1. The Morgan fingerprint density at radius 2 is 2.04 bits per heavy atom. The minimum atomic E-state index is -3.42. The summed E-state index contributed by atoms with van der Waals surface area (Å²) in [6.45, 7) is 2.22. The number of carbonyl (C=O) groups excluding carboxylic acids is 1. The van der Waals surface area contributed by atoms with Crippen LogP contribution in [-0.2, 0) is 14.8 Å². The number of nitrogens with one attached hydrogen (secondary N) is 1. The van der Waals surface area contributed by atoms with Crippen molar-refractivity contribution in [3.63, 3.8) is 0 Å². The van der Waals surface area contributed by atoms with Crippen molar-refractivity contribution in [3.8, 4) is 11.3 Å². The molecule has 0 spiro atoms. The fraction of sp³-hybridized carbons (Fsp3) is 0.375. The molecule has 25 heavy (non-hydrogen) atoms. The second kappa shape index (κ2) is 6.81. The fourth-order valence-electron chi connectivity index (χ4n) is 2.91. The number of hydrogen-bond acceptors (Lipinski definition) is 5. The lowest BCUT2D eigenvalue weighted by atomic mass is 10.1. The molecule has 0 saturated carbocycles. The molecule has 1 N–H and O–H groups in total. The Labute approximate surface area is 149 Å². The van der Waals surface area contributed by atoms with Crippen molar-refractivity contribution < 1.29 is 17.6 Å². The van der Waals surface area contributed by atoms with Gasteiger partial charge in [0.25, 0.3) is 0 Å². The minimum Gasteiger partial charge on any atom is -0.301 e. The number of amides is 1. The van der Waals surface area contributed by atoms with E-state index in [1.54, 1.807) is 12.1 Å².